The zero-order valence-corrected chi connectivity index (χ0v) is 12.5. The van der Waals surface area contributed by atoms with Gasteiger partial charge in [0.2, 0.25) is 0 Å². The molecule has 0 fully saturated rings. The first-order valence-electron chi connectivity index (χ1n) is 6.65. The monoisotopic (exact) mass is 294 g/mol. The third-order valence-corrected chi connectivity index (χ3v) is 4.05. The van der Waals surface area contributed by atoms with Gasteiger partial charge in [-0.2, -0.15) is 5.10 Å². The first kappa shape index (κ1) is 15.1. The summed E-state index contributed by atoms with van der Waals surface area (Å²) in [6.45, 7) is 4.13. The zero-order valence-electron chi connectivity index (χ0n) is 11.7. The van der Waals surface area contributed by atoms with E-state index < -0.39 is 6.10 Å². The summed E-state index contributed by atoms with van der Waals surface area (Å²) < 4.78 is 14.7. The lowest BCUT2D eigenvalue weighted by Gasteiger charge is -2.09. The van der Waals surface area contributed by atoms with E-state index in [4.69, 9.17) is 0 Å². The highest BCUT2D eigenvalue weighted by Gasteiger charge is 2.10. The van der Waals surface area contributed by atoms with E-state index in [0.717, 1.165) is 10.6 Å². The van der Waals surface area contributed by atoms with Gasteiger partial charge in [-0.3, -0.25) is 4.68 Å². The van der Waals surface area contributed by atoms with Crippen LogP contribution in [0, 0.1) is 5.82 Å². The number of aliphatic hydroxyl groups is 1. The van der Waals surface area contributed by atoms with Crippen molar-refractivity contribution in [3.8, 4) is 0 Å². The number of hydrogen-bond donors (Lipinski definition) is 1. The molecule has 2 aromatic rings. The lowest BCUT2D eigenvalue weighted by Crippen LogP contribution is -2.14. The highest BCUT2D eigenvalue weighted by atomic mass is 32.2. The molecule has 0 aliphatic rings. The van der Waals surface area contributed by atoms with Crippen LogP contribution in [0.2, 0.25) is 0 Å². The van der Waals surface area contributed by atoms with Gasteiger partial charge in [0, 0.05) is 29.3 Å². The summed E-state index contributed by atoms with van der Waals surface area (Å²) in [5.74, 6) is 0.328. The van der Waals surface area contributed by atoms with Crippen LogP contribution in [0.25, 0.3) is 0 Å². The molecule has 1 N–H and O–H groups in total. The molecule has 1 heterocycles. The molecule has 3 nitrogen and oxygen atoms in total. The molecular weight excluding hydrogens is 275 g/mol. The van der Waals surface area contributed by atoms with Gasteiger partial charge >= 0.3 is 0 Å². The van der Waals surface area contributed by atoms with Crippen molar-refractivity contribution in [3.05, 3.63) is 48.0 Å². The van der Waals surface area contributed by atoms with E-state index in [1.165, 1.54) is 23.9 Å². The number of hydrogen-bond acceptors (Lipinski definition) is 3. The van der Waals surface area contributed by atoms with Crippen molar-refractivity contribution in [2.75, 3.05) is 5.75 Å². The van der Waals surface area contributed by atoms with Crippen molar-refractivity contribution in [1.29, 1.82) is 0 Å². The number of thioether (sulfide) groups is 1. The molecule has 1 aromatic carbocycles. The molecular formula is C15H19FN2OS. The molecule has 0 aliphatic carbocycles. The smallest absolute Gasteiger partial charge is 0.123 e. The molecule has 1 unspecified atom stereocenters. The van der Waals surface area contributed by atoms with E-state index in [-0.39, 0.29) is 5.82 Å². The second-order valence-electron chi connectivity index (χ2n) is 5.00. The van der Waals surface area contributed by atoms with Crippen LogP contribution < -0.4 is 0 Å². The van der Waals surface area contributed by atoms with E-state index in [0.29, 0.717) is 18.2 Å². The van der Waals surface area contributed by atoms with Crippen molar-refractivity contribution < 1.29 is 9.50 Å². The fourth-order valence-electron chi connectivity index (χ4n) is 1.80. The highest BCUT2D eigenvalue weighted by Crippen LogP contribution is 2.20. The minimum atomic E-state index is -0.458. The number of aliphatic hydroxyl groups excluding tert-OH is 1. The standard InChI is InChI=1S/C15H19FN2OS/c1-11(2)18-8-7-13(17-18)9-14(19)10-20-15-5-3-12(16)4-6-15/h3-8,11,14,19H,9-10H2,1-2H3. The van der Waals surface area contributed by atoms with Gasteiger partial charge in [-0.05, 0) is 44.2 Å². The minimum absolute atomic E-state index is 0.242. The lowest BCUT2D eigenvalue weighted by molar-refractivity contribution is 0.198. The topological polar surface area (TPSA) is 38.0 Å². The SMILES string of the molecule is CC(C)n1ccc(CC(O)CSc2ccc(F)cc2)n1. The van der Waals surface area contributed by atoms with Gasteiger partial charge in [0.15, 0.2) is 0 Å². The molecule has 20 heavy (non-hydrogen) atoms. The molecule has 0 saturated carbocycles. The quantitative estimate of drug-likeness (QED) is 0.831. The second kappa shape index (κ2) is 6.90. The molecule has 0 spiro atoms. The van der Waals surface area contributed by atoms with Crippen molar-refractivity contribution in [3.63, 3.8) is 0 Å². The zero-order chi connectivity index (χ0) is 14.5. The molecule has 108 valence electrons. The van der Waals surface area contributed by atoms with Crippen molar-refractivity contribution in [2.24, 2.45) is 0 Å². The van der Waals surface area contributed by atoms with Crippen LogP contribution in [0.4, 0.5) is 4.39 Å². The third-order valence-electron chi connectivity index (χ3n) is 2.89. The molecule has 0 bridgehead atoms. The maximum Gasteiger partial charge on any atom is 0.123 e. The Bertz CT molecular complexity index is 539. The van der Waals surface area contributed by atoms with Crippen LogP contribution in [0.3, 0.4) is 0 Å². The molecule has 1 atom stereocenters. The normalized spacial score (nSPS) is 12.8. The number of rotatable bonds is 6. The Balaban J connectivity index is 1.82. The van der Waals surface area contributed by atoms with E-state index in [2.05, 4.69) is 18.9 Å². The third kappa shape index (κ3) is 4.35. The average molecular weight is 294 g/mol. The Labute approximate surface area is 122 Å². The molecule has 0 radical (unpaired) electrons. The molecule has 0 saturated heterocycles. The van der Waals surface area contributed by atoms with Crippen LogP contribution in [0.5, 0.6) is 0 Å². The van der Waals surface area contributed by atoms with Crippen LogP contribution in [0.1, 0.15) is 25.6 Å². The summed E-state index contributed by atoms with van der Waals surface area (Å²) >= 11 is 1.52. The predicted molar refractivity (Wildman–Crippen MR) is 79.4 cm³/mol. The minimum Gasteiger partial charge on any atom is -0.392 e. The van der Waals surface area contributed by atoms with Crippen LogP contribution in [0.15, 0.2) is 41.4 Å². The van der Waals surface area contributed by atoms with Gasteiger partial charge in [-0.15, -0.1) is 11.8 Å². The summed E-state index contributed by atoms with van der Waals surface area (Å²) in [5, 5.41) is 14.4. The maximum absolute atomic E-state index is 12.8. The number of nitrogens with zero attached hydrogens (tertiary/aromatic N) is 2. The van der Waals surface area contributed by atoms with E-state index in [9.17, 15) is 9.50 Å². The van der Waals surface area contributed by atoms with Crippen LogP contribution in [-0.4, -0.2) is 26.7 Å². The van der Waals surface area contributed by atoms with E-state index in [1.54, 1.807) is 12.1 Å². The summed E-state index contributed by atoms with van der Waals surface area (Å²) in [5.41, 5.74) is 0.894. The fraction of sp³-hybridized carbons (Fsp3) is 0.400. The summed E-state index contributed by atoms with van der Waals surface area (Å²) in [7, 11) is 0. The van der Waals surface area contributed by atoms with E-state index in [1.807, 2.05) is 16.9 Å². The molecule has 0 aliphatic heterocycles. The Morgan fingerprint density at radius 2 is 1.95 bits per heavy atom. The predicted octanol–water partition coefficient (Wildman–Crippen LogP) is 3.30. The van der Waals surface area contributed by atoms with Crippen LogP contribution >= 0.6 is 11.8 Å². The lowest BCUT2D eigenvalue weighted by atomic mass is 10.2. The number of benzene rings is 1. The van der Waals surface area contributed by atoms with Crippen molar-refractivity contribution >= 4 is 11.8 Å². The van der Waals surface area contributed by atoms with Gasteiger partial charge in [0.25, 0.3) is 0 Å². The second-order valence-corrected chi connectivity index (χ2v) is 6.10. The first-order chi connectivity index (χ1) is 9.54. The molecule has 5 heteroatoms. The van der Waals surface area contributed by atoms with Crippen molar-refractivity contribution in [1.82, 2.24) is 9.78 Å². The molecule has 2 rings (SSSR count). The van der Waals surface area contributed by atoms with Gasteiger partial charge < -0.3 is 5.11 Å². The van der Waals surface area contributed by atoms with Crippen LogP contribution in [-0.2, 0) is 6.42 Å². The first-order valence-corrected chi connectivity index (χ1v) is 7.63. The number of aromatic nitrogens is 2. The van der Waals surface area contributed by atoms with Gasteiger partial charge in [-0.1, -0.05) is 0 Å². The Morgan fingerprint density at radius 1 is 1.25 bits per heavy atom. The Morgan fingerprint density at radius 3 is 2.55 bits per heavy atom. The summed E-state index contributed by atoms with van der Waals surface area (Å²) in [4.78, 5) is 0.957. The van der Waals surface area contributed by atoms with Gasteiger partial charge in [0.1, 0.15) is 5.82 Å². The number of halogens is 1. The van der Waals surface area contributed by atoms with Gasteiger partial charge in [-0.25, -0.2) is 4.39 Å². The average Bonchev–Trinajstić information content (AvgIpc) is 2.87. The Hall–Kier alpha value is -1.33. The molecule has 1 aromatic heterocycles. The maximum atomic E-state index is 12.8. The largest absolute Gasteiger partial charge is 0.392 e. The molecule has 0 amide bonds. The Kier molecular flexibility index (Phi) is 5.20. The van der Waals surface area contributed by atoms with Crippen molar-refractivity contribution in [2.45, 2.75) is 37.3 Å². The highest BCUT2D eigenvalue weighted by molar-refractivity contribution is 7.99. The van der Waals surface area contributed by atoms with E-state index >= 15 is 0 Å². The fourth-order valence-corrected chi connectivity index (χ4v) is 2.63. The summed E-state index contributed by atoms with van der Waals surface area (Å²) in [6.07, 6.45) is 2.01. The van der Waals surface area contributed by atoms with Gasteiger partial charge in [0.05, 0.1) is 11.8 Å². The summed E-state index contributed by atoms with van der Waals surface area (Å²) in [6, 6.07) is 8.57.